The van der Waals surface area contributed by atoms with Gasteiger partial charge in [0.05, 0.1) is 22.2 Å². The van der Waals surface area contributed by atoms with E-state index in [0.717, 1.165) is 101 Å². The van der Waals surface area contributed by atoms with E-state index in [1.54, 1.807) is 0 Å². The fraction of sp³-hybridized carbons (Fsp3) is 0.0435. The number of aryl methyl sites for hydroxylation is 1. The zero-order chi connectivity index (χ0) is 33.2. The third-order valence-electron chi connectivity index (χ3n) is 9.91. The molecule has 0 N–H and O–H groups in total. The number of aromatic nitrogens is 3. The lowest BCUT2D eigenvalue weighted by atomic mass is 9.88. The molecule has 0 saturated heterocycles. The number of furan rings is 1. The fourth-order valence-electron chi connectivity index (χ4n) is 7.70. The van der Waals surface area contributed by atoms with E-state index in [9.17, 15) is 0 Å². The minimum absolute atomic E-state index is 0.845. The Morgan fingerprint density at radius 1 is 0.500 bits per heavy atom. The summed E-state index contributed by atoms with van der Waals surface area (Å²) in [5, 5.41) is 5.59. The molecule has 4 nitrogen and oxygen atoms in total. The van der Waals surface area contributed by atoms with Crippen LogP contribution in [0.25, 0.3) is 93.8 Å². The molecule has 10 rings (SSSR count). The number of fused-ring (bicyclic) bond motifs is 7. The number of rotatable bonds is 5. The van der Waals surface area contributed by atoms with Crippen LogP contribution in [-0.2, 0) is 6.42 Å². The van der Waals surface area contributed by atoms with Crippen LogP contribution >= 0.6 is 0 Å². The summed E-state index contributed by atoms with van der Waals surface area (Å²) in [6, 6.07) is 55.7. The lowest BCUT2D eigenvalue weighted by molar-refractivity contribution is 0.669. The highest BCUT2D eigenvalue weighted by molar-refractivity contribution is 6.27. The van der Waals surface area contributed by atoms with E-state index in [2.05, 4.69) is 163 Å². The molecule has 0 bridgehead atoms. The van der Waals surface area contributed by atoms with Crippen LogP contribution < -0.4 is 0 Å². The van der Waals surface area contributed by atoms with Crippen molar-refractivity contribution in [3.05, 3.63) is 164 Å². The molecule has 7 aromatic carbocycles. The van der Waals surface area contributed by atoms with Gasteiger partial charge in [-0.15, -0.1) is 0 Å². The van der Waals surface area contributed by atoms with E-state index < -0.39 is 0 Å². The van der Waals surface area contributed by atoms with Crippen LogP contribution in [0.3, 0.4) is 0 Å². The molecular weight excluding hydrogens is 611 g/mol. The lowest BCUT2D eigenvalue weighted by Crippen LogP contribution is -2.00. The summed E-state index contributed by atoms with van der Waals surface area (Å²) in [7, 11) is 0. The monoisotopic (exact) mass is 641 g/mol. The van der Waals surface area contributed by atoms with E-state index in [1.165, 1.54) is 5.39 Å². The van der Waals surface area contributed by atoms with Gasteiger partial charge in [0.1, 0.15) is 17.0 Å². The molecule has 3 aromatic heterocycles. The molecule has 0 atom stereocenters. The van der Waals surface area contributed by atoms with Gasteiger partial charge in [-0.1, -0.05) is 116 Å². The lowest BCUT2D eigenvalue weighted by Gasteiger charge is -2.16. The van der Waals surface area contributed by atoms with Gasteiger partial charge in [-0.3, -0.25) is 4.57 Å². The molecule has 0 aliphatic carbocycles. The predicted molar refractivity (Wildman–Crippen MR) is 207 cm³/mol. The molecule has 0 spiro atoms. The van der Waals surface area contributed by atoms with Gasteiger partial charge < -0.3 is 4.42 Å². The molecule has 4 heteroatoms. The van der Waals surface area contributed by atoms with Crippen molar-refractivity contribution in [1.82, 2.24) is 14.5 Å². The summed E-state index contributed by atoms with van der Waals surface area (Å²) in [6.07, 6.45) is 0.845. The topological polar surface area (TPSA) is 43.9 Å². The fourth-order valence-corrected chi connectivity index (χ4v) is 7.70. The Morgan fingerprint density at radius 2 is 1.18 bits per heavy atom. The third kappa shape index (κ3) is 4.39. The number of hydrogen-bond donors (Lipinski definition) is 0. The maximum absolute atomic E-state index is 6.62. The first kappa shape index (κ1) is 28.5. The Bertz CT molecular complexity index is 2920. The smallest absolute Gasteiger partial charge is 0.136 e. The van der Waals surface area contributed by atoms with E-state index in [0.29, 0.717) is 0 Å². The minimum Gasteiger partial charge on any atom is -0.456 e. The number of hydrogen-bond acceptors (Lipinski definition) is 3. The van der Waals surface area contributed by atoms with Crippen LogP contribution in [0.5, 0.6) is 0 Å². The quantitative estimate of drug-likeness (QED) is 0.176. The molecule has 10 aromatic rings. The van der Waals surface area contributed by atoms with Crippen LogP contribution in [0, 0.1) is 0 Å². The Labute approximate surface area is 288 Å². The second-order valence-corrected chi connectivity index (χ2v) is 12.8. The van der Waals surface area contributed by atoms with Gasteiger partial charge in [0.25, 0.3) is 0 Å². The van der Waals surface area contributed by atoms with Crippen molar-refractivity contribution in [3.63, 3.8) is 0 Å². The summed E-state index contributed by atoms with van der Waals surface area (Å²) >= 11 is 0. The first-order chi connectivity index (χ1) is 24.7. The van der Waals surface area contributed by atoms with Gasteiger partial charge >= 0.3 is 0 Å². The van der Waals surface area contributed by atoms with E-state index in [-0.39, 0.29) is 0 Å². The average Bonchev–Trinajstić information content (AvgIpc) is 3.75. The second-order valence-electron chi connectivity index (χ2n) is 12.8. The molecule has 50 heavy (non-hydrogen) atoms. The molecule has 0 amide bonds. The first-order valence-corrected chi connectivity index (χ1v) is 17.1. The molecule has 0 aliphatic rings. The molecular formula is C46H31N3O. The van der Waals surface area contributed by atoms with Gasteiger partial charge in [-0.05, 0) is 65.2 Å². The van der Waals surface area contributed by atoms with Gasteiger partial charge in [-0.25, -0.2) is 9.97 Å². The standard InChI is InChI=1S/C46H31N3O/c1-2-42-47-38-23-9-10-24-39(38)49(42)33-19-13-17-31(27-33)30-16-12-18-32(26-30)43-44-34-20-6-8-22-37(34)48-46(29-14-4-3-5-15-29)36(44)28-41-45(43)35-21-7-11-25-40(35)50-41/h3-28H,2H2,1H3. The molecule has 3 heterocycles. The van der Waals surface area contributed by atoms with Crippen molar-refractivity contribution < 1.29 is 4.42 Å². The zero-order valence-corrected chi connectivity index (χ0v) is 27.5. The van der Waals surface area contributed by atoms with Crippen LogP contribution in [0.15, 0.2) is 162 Å². The Balaban J connectivity index is 1.26. The summed E-state index contributed by atoms with van der Waals surface area (Å²) in [6.45, 7) is 2.16. The van der Waals surface area contributed by atoms with Crippen LogP contribution in [-0.4, -0.2) is 14.5 Å². The molecule has 236 valence electrons. The highest BCUT2D eigenvalue weighted by Gasteiger charge is 2.22. The molecule has 0 aliphatic heterocycles. The van der Waals surface area contributed by atoms with Gasteiger partial charge in [0, 0.05) is 50.2 Å². The van der Waals surface area contributed by atoms with Gasteiger partial charge in [0.15, 0.2) is 0 Å². The molecule has 0 radical (unpaired) electrons. The number of benzene rings is 7. The zero-order valence-electron chi connectivity index (χ0n) is 27.5. The average molecular weight is 642 g/mol. The first-order valence-electron chi connectivity index (χ1n) is 17.1. The van der Waals surface area contributed by atoms with E-state index in [4.69, 9.17) is 14.4 Å². The molecule has 0 unspecified atom stereocenters. The number of pyridine rings is 1. The third-order valence-corrected chi connectivity index (χ3v) is 9.91. The normalized spacial score (nSPS) is 11.8. The Morgan fingerprint density at radius 3 is 2.04 bits per heavy atom. The highest BCUT2D eigenvalue weighted by atomic mass is 16.3. The van der Waals surface area contributed by atoms with Gasteiger partial charge in [-0.2, -0.15) is 0 Å². The van der Waals surface area contributed by atoms with Crippen LogP contribution in [0.4, 0.5) is 0 Å². The van der Waals surface area contributed by atoms with Crippen molar-refractivity contribution >= 4 is 54.6 Å². The van der Waals surface area contributed by atoms with Crippen molar-refractivity contribution in [1.29, 1.82) is 0 Å². The maximum atomic E-state index is 6.62. The molecule has 0 saturated carbocycles. The summed E-state index contributed by atoms with van der Waals surface area (Å²) in [5.41, 5.74) is 12.6. The van der Waals surface area contributed by atoms with Gasteiger partial charge in [0.2, 0.25) is 0 Å². The van der Waals surface area contributed by atoms with Crippen molar-refractivity contribution in [2.24, 2.45) is 0 Å². The maximum Gasteiger partial charge on any atom is 0.136 e. The largest absolute Gasteiger partial charge is 0.456 e. The Hall–Kier alpha value is -6.52. The summed E-state index contributed by atoms with van der Waals surface area (Å²) < 4.78 is 8.91. The predicted octanol–water partition coefficient (Wildman–Crippen LogP) is 12.2. The van der Waals surface area contributed by atoms with E-state index >= 15 is 0 Å². The van der Waals surface area contributed by atoms with Crippen molar-refractivity contribution in [3.8, 4) is 39.2 Å². The highest BCUT2D eigenvalue weighted by Crippen LogP contribution is 2.46. The van der Waals surface area contributed by atoms with Crippen LogP contribution in [0.2, 0.25) is 0 Å². The number of imidazole rings is 1. The summed E-state index contributed by atoms with van der Waals surface area (Å²) in [5.74, 6) is 1.05. The van der Waals surface area contributed by atoms with Crippen molar-refractivity contribution in [2.75, 3.05) is 0 Å². The minimum atomic E-state index is 0.845. The van der Waals surface area contributed by atoms with E-state index in [1.807, 2.05) is 6.07 Å². The number of para-hydroxylation sites is 4. The van der Waals surface area contributed by atoms with Crippen molar-refractivity contribution in [2.45, 2.75) is 13.3 Å². The van der Waals surface area contributed by atoms with Crippen LogP contribution in [0.1, 0.15) is 12.7 Å². The second kappa shape index (κ2) is 11.3. The summed E-state index contributed by atoms with van der Waals surface area (Å²) in [4.78, 5) is 10.2. The Kier molecular flexibility index (Phi) is 6.43. The number of nitrogens with zero attached hydrogens (tertiary/aromatic N) is 3. The molecule has 0 fully saturated rings. The SMILES string of the molecule is CCc1nc2ccccc2n1-c1cccc(-c2cccc(-c3c4c(cc5c(-c6ccccc6)nc6ccccc6c35)oc3ccccc34)c2)c1.